The number of piperazine rings is 1. The number of fused-ring (bicyclic) bond motifs is 1. The van der Waals surface area contributed by atoms with Crippen LogP contribution in [0.15, 0.2) is 48.0 Å². The first-order valence-corrected chi connectivity index (χ1v) is 14.0. The molecule has 2 aromatic carbocycles. The molecule has 3 aliphatic rings. The van der Waals surface area contributed by atoms with E-state index in [9.17, 15) is 19.2 Å². The van der Waals surface area contributed by atoms with Gasteiger partial charge in [0.15, 0.2) is 0 Å². The molecule has 2 fully saturated rings. The third-order valence-electron chi connectivity index (χ3n) is 7.67. The molecule has 0 saturated carbocycles. The zero-order valence-corrected chi connectivity index (χ0v) is 22.2. The Kier molecular flexibility index (Phi) is 6.92. The predicted molar refractivity (Wildman–Crippen MR) is 144 cm³/mol. The Morgan fingerprint density at radius 1 is 0.897 bits per heavy atom. The van der Waals surface area contributed by atoms with Gasteiger partial charge < -0.3 is 4.90 Å². The van der Waals surface area contributed by atoms with Crippen LogP contribution in [0.2, 0.25) is 0 Å². The summed E-state index contributed by atoms with van der Waals surface area (Å²) in [4.78, 5) is 60.3. The Hall–Kier alpha value is -3.96. The van der Waals surface area contributed by atoms with Crippen molar-refractivity contribution in [1.29, 1.82) is 0 Å². The molecule has 1 unspecified atom stereocenters. The predicted octanol–water partition coefficient (Wildman–Crippen LogP) is 2.05. The lowest BCUT2D eigenvalue weighted by Gasteiger charge is -2.34. The molecule has 2 saturated heterocycles. The number of rotatable bonds is 7. The van der Waals surface area contributed by atoms with E-state index in [0.717, 1.165) is 61.1 Å². The van der Waals surface area contributed by atoms with Crippen molar-refractivity contribution in [2.24, 2.45) is 0 Å². The summed E-state index contributed by atoms with van der Waals surface area (Å²) >= 11 is 1.38. The number of nitrogens with zero attached hydrogens (tertiary/aromatic N) is 5. The van der Waals surface area contributed by atoms with Gasteiger partial charge in [-0.3, -0.25) is 34.3 Å². The van der Waals surface area contributed by atoms with Gasteiger partial charge in [-0.2, -0.15) is 4.37 Å². The molecule has 1 aromatic heterocycles. The van der Waals surface area contributed by atoms with Crippen LogP contribution in [0.3, 0.4) is 0 Å². The summed E-state index contributed by atoms with van der Waals surface area (Å²) in [5.74, 6) is -1.09. The van der Waals surface area contributed by atoms with Crippen molar-refractivity contribution in [3.8, 4) is 0 Å². The molecule has 0 spiro atoms. The Morgan fingerprint density at radius 3 is 2.38 bits per heavy atom. The van der Waals surface area contributed by atoms with Crippen LogP contribution in [0, 0.1) is 0 Å². The largest absolute Gasteiger partial charge is 0.338 e. The van der Waals surface area contributed by atoms with Crippen molar-refractivity contribution in [1.82, 2.24) is 24.5 Å². The molecule has 10 nitrogen and oxygen atoms in total. The normalized spacial score (nSPS) is 19.9. The number of aryl methyl sites for hydroxylation is 2. The molecule has 1 atom stereocenters. The smallest absolute Gasteiger partial charge is 0.262 e. The third-order valence-corrected chi connectivity index (χ3v) is 8.14. The van der Waals surface area contributed by atoms with Gasteiger partial charge in [-0.1, -0.05) is 36.4 Å². The summed E-state index contributed by atoms with van der Waals surface area (Å²) in [6, 6.07) is 12.9. The summed E-state index contributed by atoms with van der Waals surface area (Å²) in [5, 5.41) is 2.24. The number of benzene rings is 2. The minimum Gasteiger partial charge on any atom is -0.338 e. The van der Waals surface area contributed by atoms with E-state index in [1.54, 1.807) is 17.6 Å². The Labute approximate surface area is 229 Å². The number of amides is 4. The lowest BCUT2D eigenvalue weighted by atomic mass is 9.96. The Morgan fingerprint density at radius 2 is 1.67 bits per heavy atom. The maximum atomic E-state index is 13.3. The maximum Gasteiger partial charge on any atom is 0.262 e. The summed E-state index contributed by atoms with van der Waals surface area (Å²) in [5.41, 5.74) is 5.65. The van der Waals surface area contributed by atoms with Gasteiger partial charge in [-0.05, 0) is 53.6 Å². The molecular weight excluding hydrogens is 516 g/mol. The van der Waals surface area contributed by atoms with Gasteiger partial charge in [0.05, 0.1) is 11.1 Å². The fraction of sp³-hybridized carbons (Fsp3) is 0.357. The first kappa shape index (κ1) is 25.3. The van der Waals surface area contributed by atoms with Gasteiger partial charge >= 0.3 is 0 Å². The second-order valence-electron chi connectivity index (χ2n) is 10.1. The number of hydrogen-bond acceptors (Lipinski definition) is 9. The zero-order valence-electron chi connectivity index (χ0n) is 21.3. The van der Waals surface area contributed by atoms with Crippen LogP contribution < -0.4 is 10.2 Å². The number of aromatic nitrogens is 2. The van der Waals surface area contributed by atoms with E-state index >= 15 is 0 Å². The van der Waals surface area contributed by atoms with Crippen molar-refractivity contribution in [3.05, 3.63) is 75.8 Å². The van der Waals surface area contributed by atoms with E-state index < -0.39 is 23.8 Å². The molecule has 0 bridgehead atoms. The molecule has 4 heterocycles. The first-order chi connectivity index (χ1) is 19.0. The minimum atomic E-state index is -0.956. The van der Waals surface area contributed by atoms with Crippen LogP contribution in [0.4, 0.5) is 5.95 Å². The minimum absolute atomic E-state index is 0.104. The molecule has 3 aliphatic heterocycles. The van der Waals surface area contributed by atoms with Crippen LogP contribution in [-0.4, -0.2) is 75.0 Å². The lowest BCUT2D eigenvalue weighted by molar-refractivity contribution is -0.136. The molecule has 4 amide bonds. The van der Waals surface area contributed by atoms with E-state index in [1.165, 1.54) is 17.1 Å². The molecule has 39 heavy (non-hydrogen) atoms. The van der Waals surface area contributed by atoms with E-state index in [2.05, 4.69) is 48.7 Å². The standard InChI is InChI=1S/C28H28N6O4S/c35-23-11-10-22(25(36)30-23)34-26(37)21-3-1-2-20(24(21)27(34)38)9-8-18-4-6-19(7-5-18)16-32-12-14-33(15-13-32)28-29-17-39-31-28/h1-7,17,22H,8-16H2,(H,30,35,36). The summed E-state index contributed by atoms with van der Waals surface area (Å²) in [7, 11) is 0. The van der Waals surface area contributed by atoms with Crippen molar-refractivity contribution < 1.29 is 19.2 Å². The van der Waals surface area contributed by atoms with Gasteiger partial charge in [-0.15, -0.1) is 0 Å². The number of imide groups is 2. The number of nitrogens with one attached hydrogen (secondary N) is 1. The highest BCUT2D eigenvalue weighted by Crippen LogP contribution is 2.30. The zero-order chi connectivity index (χ0) is 26.9. The highest BCUT2D eigenvalue weighted by atomic mass is 32.1. The molecule has 200 valence electrons. The van der Waals surface area contributed by atoms with Crippen LogP contribution in [0.1, 0.15) is 50.2 Å². The topological polar surface area (TPSA) is 116 Å². The highest BCUT2D eigenvalue weighted by Gasteiger charge is 2.45. The van der Waals surface area contributed by atoms with Crippen molar-refractivity contribution in [2.45, 2.75) is 38.3 Å². The lowest BCUT2D eigenvalue weighted by Crippen LogP contribution is -2.54. The van der Waals surface area contributed by atoms with E-state index in [4.69, 9.17) is 0 Å². The van der Waals surface area contributed by atoms with E-state index in [-0.39, 0.29) is 18.7 Å². The average molecular weight is 545 g/mol. The van der Waals surface area contributed by atoms with Gasteiger partial charge in [0, 0.05) is 39.1 Å². The van der Waals surface area contributed by atoms with Crippen LogP contribution in [0.25, 0.3) is 0 Å². The number of piperidine rings is 1. The van der Waals surface area contributed by atoms with Crippen molar-refractivity contribution >= 4 is 41.1 Å². The van der Waals surface area contributed by atoms with Gasteiger partial charge in [0.1, 0.15) is 11.6 Å². The van der Waals surface area contributed by atoms with Gasteiger partial charge in [0.2, 0.25) is 17.8 Å². The monoisotopic (exact) mass is 544 g/mol. The Balaban J connectivity index is 1.07. The highest BCUT2D eigenvalue weighted by molar-refractivity contribution is 7.03. The van der Waals surface area contributed by atoms with Crippen molar-refractivity contribution in [2.75, 3.05) is 31.1 Å². The molecule has 11 heteroatoms. The number of anilines is 1. The fourth-order valence-corrected chi connectivity index (χ4v) is 6.00. The molecule has 1 N–H and O–H groups in total. The molecule has 6 rings (SSSR count). The first-order valence-electron chi connectivity index (χ1n) is 13.1. The van der Waals surface area contributed by atoms with Gasteiger partial charge in [-0.25, -0.2) is 4.98 Å². The maximum absolute atomic E-state index is 13.3. The molecule has 0 radical (unpaired) electrons. The van der Waals surface area contributed by atoms with E-state index in [0.29, 0.717) is 17.5 Å². The summed E-state index contributed by atoms with van der Waals surface area (Å²) in [6.07, 6.45) is 1.57. The molecular formula is C28H28N6O4S. The average Bonchev–Trinajstić information content (AvgIpc) is 3.57. The SMILES string of the molecule is O=C1CCC(N2C(=O)c3cccc(CCc4ccc(CN5CCN(c6ncsn6)CC5)cc4)c3C2=O)C(=O)N1. The van der Waals surface area contributed by atoms with E-state index in [1.807, 2.05) is 6.07 Å². The fourth-order valence-electron chi connectivity index (χ4n) is 5.55. The number of carbonyl (C=O) groups excluding carboxylic acids is 4. The second kappa shape index (κ2) is 10.7. The summed E-state index contributed by atoms with van der Waals surface area (Å²) < 4.78 is 4.33. The summed E-state index contributed by atoms with van der Waals surface area (Å²) in [6.45, 7) is 4.64. The van der Waals surface area contributed by atoms with Crippen LogP contribution in [-0.2, 0) is 29.0 Å². The Bertz CT molecular complexity index is 1420. The number of hydrogen-bond donors (Lipinski definition) is 1. The van der Waals surface area contributed by atoms with Gasteiger partial charge in [0.25, 0.3) is 11.8 Å². The molecule has 3 aromatic rings. The quantitative estimate of drug-likeness (QED) is 0.450. The molecule has 0 aliphatic carbocycles. The third kappa shape index (κ3) is 5.07. The van der Waals surface area contributed by atoms with Crippen LogP contribution in [0.5, 0.6) is 0 Å². The van der Waals surface area contributed by atoms with Crippen molar-refractivity contribution in [3.63, 3.8) is 0 Å². The second-order valence-corrected chi connectivity index (χ2v) is 10.7. The van der Waals surface area contributed by atoms with Crippen LogP contribution >= 0.6 is 11.5 Å². The number of carbonyl (C=O) groups is 4.